The summed E-state index contributed by atoms with van der Waals surface area (Å²) < 4.78 is 5.41. The number of ether oxygens (including phenoxy) is 1. The third-order valence-electron chi connectivity index (χ3n) is 4.03. The first kappa shape index (κ1) is 16.0. The Balaban J connectivity index is 1.79. The van der Waals surface area contributed by atoms with Crippen LogP contribution < -0.4 is 5.32 Å². The van der Waals surface area contributed by atoms with Crippen LogP contribution in [0.3, 0.4) is 0 Å². The molecule has 1 fully saturated rings. The summed E-state index contributed by atoms with van der Waals surface area (Å²) >= 11 is 0. The van der Waals surface area contributed by atoms with Crippen LogP contribution in [0.25, 0.3) is 0 Å². The summed E-state index contributed by atoms with van der Waals surface area (Å²) in [6.45, 7) is 9.41. The van der Waals surface area contributed by atoms with Gasteiger partial charge in [-0.1, -0.05) is 37.3 Å². The van der Waals surface area contributed by atoms with Gasteiger partial charge in [-0.05, 0) is 19.4 Å². The normalized spacial score (nSPS) is 24.5. The van der Waals surface area contributed by atoms with Gasteiger partial charge in [0.2, 0.25) is 0 Å². The highest BCUT2D eigenvalue weighted by atomic mass is 16.5. The monoisotopic (exact) mass is 290 g/mol. The number of benzene rings is 1. The molecule has 1 aromatic carbocycles. The highest BCUT2D eigenvalue weighted by molar-refractivity contribution is 5.72. The molecule has 0 aromatic heterocycles. The van der Waals surface area contributed by atoms with Crippen LogP contribution in [0, 0.1) is 5.92 Å². The molecule has 4 heteroatoms. The number of nitrogens with one attached hydrogen (secondary N) is 1. The van der Waals surface area contributed by atoms with E-state index in [1.165, 1.54) is 0 Å². The Labute approximate surface area is 127 Å². The van der Waals surface area contributed by atoms with Crippen molar-refractivity contribution in [2.75, 3.05) is 19.6 Å². The van der Waals surface area contributed by atoms with E-state index in [1.54, 1.807) is 0 Å². The molecule has 1 aliphatic rings. The fourth-order valence-electron chi connectivity index (χ4n) is 2.65. The molecule has 0 saturated carbocycles. The van der Waals surface area contributed by atoms with Crippen molar-refractivity contribution in [2.24, 2.45) is 5.92 Å². The molecule has 2 rings (SSSR count). The SMILES string of the molecule is CC1CN(CC(C)C(=O)OCc2ccccc2)C(C)CN1. The third-order valence-corrected chi connectivity index (χ3v) is 4.03. The van der Waals surface area contributed by atoms with E-state index in [9.17, 15) is 4.79 Å². The number of esters is 1. The van der Waals surface area contributed by atoms with Gasteiger partial charge in [-0.3, -0.25) is 9.69 Å². The van der Waals surface area contributed by atoms with Crippen LogP contribution in [0.1, 0.15) is 26.3 Å². The number of nitrogens with zero attached hydrogens (tertiary/aromatic N) is 1. The molecule has 1 aliphatic heterocycles. The summed E-state index contributed by atoms with van der Waals surface area (Å²) in [6.07, 6.45) is 0. The molecule has 4 nitrogen and oxygen atoms in total. The molecule has 0 bridgehead atoms. The van der Waals surface area contributed by atoms with Crippen molar-refractivity contribution < 1.29 is 9.53 Å². The zero-order chi connectivity index (χ0) is 15.2. The zero-order valence-corrected chi connectivity index (χ0v) is 13.2. The van der Waals surface area contributed by atoms with Crippen LogP contribution in [-0.4, -0.2) is 42.6 Å². The quantitative estimate of drug-likeness (QED) is 0.843. The van der Waals surface area contributed by atoms with Gasteiger partial charge in [-0.25, -0.2) is 0 Å². The van der Waals surface area contributed by atoms with E-state index in [2.05, 4.69) is 24.1 Å². The van der Waals surface area contributed by atoms with Gasteiger partial charge < -0.3 is 10.1 Å². The molecule has 116 valence electrons. The molecule has 1 aromatic rings. The fraction of sp³-hybridized carbons (Fsp3) is 0.588. The average molecular weight is 290 g/mol. The van der Waals surface area contributed by atoms with Gasteiger partial charge in [0.1, 0.15) is 6.61 Å². The minimum Gasteiger partial charge on any atom is -0.461 e. The maximum absolute atomic E-state index is 12.1. The van der Waals surface area contributed by atoms with Crippen molar-refractivity contribution in [2.45, 2.75) is 39.5 Å². The standard InChI is InChI=1S/C17H26N2O2/c1-13(10-19-11-14(2)18-9-15(19)3)17(20)21-12-16-7-5-4-6-8-16/h4-8,13-15,18H,9-12H2,1-3H3. The molecular weight excluding hydrogens is 264 g/mol. The topological polar surface area (TPSA) is 41.6 Å². The van der Waals surface area contributed by atoms with Crippen LogP contribution in [0.4, 0.5) is 0 Å². The summed E-state index contributed by atoms with van der Waals surface area (Å²) in [7, 11) is 0. The third kappa shape index (κ3) is 4.83. The van der Waals surface area contributed by atoms with Gasteiger partial charge in [0.25, 0.3) is 0 Å². The van der Waals surface area contributed by atoms with Crippen molar-refractivity contribution in [3.63, 3.8) is 0 Å². The van der Waals surface area contributed by atoms with Gasteiger partial charge in [0.15, 0.2) is 0 Å². The molecule has 1 N–H and O–H groups in total. The summed E-state index contributed by atoms with van der Waals surface area (Å²) in [5.41, 5.74) is 1.03. The van der Waals surface area contributed by atoms with Gasteiger partial charge in [0.05, 0.1) is 5.92 Å². The fourth-order valence-corrected chi connectivity index (χ4v) is 2.65. The van der Waals surface area contributed by atoms with E-state index in [-0.39, 0.29) is 11.9 Å². The molecule has 1 heterocycles. The van der Waals surface area contributed by atoms with E-state index >= 15 is 0 Å². The van der Waals surface area contributed by atoms with E-state index in [4.69, 9.17) is 4.74 Å². The Bertz CT molecular complexity index is 449. The number of carbonyl (C=O) groups excluding carboxylic acids is 1. The van der Waals surface area contributed by atoms with Crippen LogP contribution in [-0.2, 0) is 16.1 Å². The minimum absolute atomic E-state index is 0.0959. The van der Waals surface area contributed by atoms with Crippen LogP contribution >= 0.6 is 0 Å². The van der Waals surface area contributed by atoms with E-state index in [1.807, 2.05) is 37.3 Å². The molecule has 1 saturated heterocycles. The summed E-state index contributed by atoms with van der Waals surface area (Å²) in [4.78, 5) is 14.5. The van der Waals surface area contributed by atoms with Crippen molar-refractivity contribution in [1.82, 2.24) is 10.2 Å². The maximum Gasteiger partial charge on any atom is 0.310 e. The average Bonchev–Trinajstić information content (AvgIpc) is 2.49. The van der Waals surface area contributed by atoms with Crippen molar-refractivity contribution in [3.05, 3.63) is 35.9 Å². The molecule has 0 amide bonds. The number of hydrogen-bond donors (Lipinski definition) is 1. The van der Waals surface area contributed by atoms with Gasteiger partial charge in [-0.2, -0.15) is 0 Å². The first-order chi connectivity index (χ1) is 10.1. The largest absolute Gasteiger partial charge is 0.461 e. The first-order valence-corrected chi connectivity index (χ1v) is 7.74. The predicted octanol–water partition coefficient (Wildman–Crippen LogP) is 2.05. The van der Waals surface area contributed by atoms with Gasteiger partial charge in [-0.15, -0.1) is 0 Å². The van der Waals surface area contributed by atoms with Gasteiger partial charge >= 0.3 is 5.97 Å². The smallest absolute Gasteiger partial charge is 0.310 e. The van der Waals surface area contributed by atoms with E-state index in [0.717, 1.165) is 25.2 Å². The number of piperazine rings is 1. The summed E-state index contributed by atoms with van der Waals surface area (Å²) in [6, 6.07) is 10.8. The summed E-state index contributed by atoms with van der Waals surface area (Å²) in [5, 5.41) is 3.45. The molecule has 3 atom stereocenters. The molecule has 3 unspecified atom stereocenters. The molecule has 0 aliphatic carbocycles. The van der Waals surface area contributed by atoms with Crippen LogP contribution in [0.2, 0.25) is 0 Å². The predicted molar refractivity (Wildman–Crippen MR) is 83.9 cm³/mol. The minimum atomic E-state index is -0.114. The molecule has 0 spiro atoms. The van der Waals surface area contributed by atoms with E-state index < -0.39 is 0 Å². The second kappa shape index (κ2) is 7.57. The zero-order valence-electron chi connectivity index (χ0n) is 13.2. The Kier molecular flexibility index (Phi) is 5.76. The lowest BCUT2D eigenvalue weighted by atomic mass is 10.1. The number of hydrogen-bond acceptors (Lipinski definition) is 4. The Morgan fingerprint density at radius 3 is 2.81 bits per heavy atom. The summed E-state index contributed by atoms with van der Waals surface area (Å²) in [5.74, 6) is -0.210. The number of rotatable bonds is 5. The van der Waals surface area contributed by atoms with Crippen molar-refractivity contribution in [1.29, 1.82) is 0 Å². The molecular formula is C17H26N2O2. The second-order valence-corrected chi connectivity index (χ2v) is 6.11. The van der Waals surface area contributed by atoms with Crippen LogP contribution in [0.5, 0.6) is 0 Å². The second-order valence-electron chi connectivity index (χ2n) is 6.11. The van der Waals surface area contributed by atoms with Crippen molar-refractivity contribution in [3.8, 4) is 0 Å². The first-order valence-electron chi connectivity index (χ1n) is 7.74. The lowest BCUT2D eigenvalue weighted by Gasteiger charge is -2.38. The molecule has 0 radical (unpaired) electrons. The highest BCUT2D eigenvalue weighted by Crippen LogP contribution is 2.12. The maximum atomic E-state index is 12.1. The van der Waals surface area contributed by atoms with E-state index in [0.29, 0.717) is 18.7 Å². The lowest BCUT2D eigenvalue weighted by molar-refractivity contribution is -0.150. The Hall–Kier alpha value is -1.39. The van der Waals surface area contributed by atoms with Gasteiger partial charge in [0, 0.05) is 31.7 Å². The lowest BCUT2D eigenvalue weighted by Crippen LogP contribution is -2.55. The van der Waals surface area contributed by atoms with Crippen molar-refractivity contribution >= 4 is 5.97 Å². The highest BCUT2D eigenvalue weighted by Gasteiger charge is 2.26. The number of carbonyl (C=O) groups is 1. The Morgan fingerprint density at radius 2 is 2.10 bits per heavy atom. The Morgan fingerprint density at radius 1 is 1.38 bits per heavy atom. The molecule has 21 heavy (non-hydrogen) atoms. The van der Waals surface area contributed by atoms with Crippen LogP contribution in [0.15, 0.2) is 30.3 Å².